The van der Waals surface area contributed by atoms with Crippen molar-refractivity contribution in [1.29, 1.82) is 5.26 Å². The van der Waals surface area contributed by atoms with E-state index in [2.05, 4.69) is 73.9 Å². The van der Waals surface area contributed by atoms with Gasteiger partial charge in [0.15, 0.2) is 11.6 Å². The maximum absolute atomic E-state index is 12.0. The lowest BCUT2D eigenvalue weighted by Gasteiger charge is -2.29. The number of likely N-dealkylation sites (N-methyl/N-ethyl adjacent to an activating group) is 1. The zero-order chi connectivity index (χ0) is 25.2. The fourth-order valence-corrected chi connectivity index (χ4v) is 4.65. The predicted octanol–water partition coefficient (Wildman–Crippen LogP) is 4.70. The van der Waals surface area contributed by atoms with Crippen molar-refractivity contribution in [3.05, 3.63) is 58.8 Å². The van der Waals surface area contributed by atoms with E-state index in [1.54, 1.807) is 30.7 Å². The third kappa shape index (κ3) is 6.12. The number of nitrogens with zero attached hydrogens (tertiary/aromatic N) is 6. The van der Waals surface area contributed by atoms with Crippen LogP contribution in [0, 0.1) is 11.3 Å². The van der Waals surface area contributed by atoms with Gasteiger partial charge < -0.3 is 15.5 Å². The van der Waals surface area contributed by atoms with E-state index in [-0.39, 0.29) is 5.56 Å². The van der Waals surface area contributed by atoms with E-state index in [0.29, 0.717) is 29.3 Å². The third-order valence-electron chi connectivity index (χ3n) is 5.64. The average Bonchev–Trinajstić information content (AvgIpc) is 2.77. The van der Waals surface area contributed by atoms with E-state index in [0.717, 1.165) is 25.2 Å². The third-order valence-corrected chi connectivity index (χ3v) is 6.27. The van der Waals surface area contributed by atoms with Gasteiger partial charge in [0.1, 0.15) is 17.5 Å². The van der Waals surface area contributed by atoms with Crippen LogP contribution in [0.5, 0.6) is 0 Å². The number of fused-ring (bicyclic) bond motifs is 1. The van der Waals surface area contributed by atoms with Gasteiger partial charge in [0, 0.05) is 41.0 Å². The number of pyridine rings is 1. The second-order valence-electron chi connectivity index (χ2n) is 9.32. The van der Waals surface area contributed by atoms with E-state index < -0.39 is 9.73 Å². The van der Waals surface area contributed by atoms with Gasteiger partial charge in [-0.3, -0.25) is 0 Å². The lowest BCUT2D eigenvalue weighted by Crippen LogP contribution is -2.27. The van der Waals surface area contributed by atoms with Crippen LogP contribution in [0.2, 0.25) is 0 Å². The molecule has 1 aliphatic heterocycles. The van der Waals surface area contributed by atoms with Gasteiger partial charge in [0.05, 0.1) is 6.20 Å². The summed E-state index contributed by atoms with van der Waals surface area (Å²) in [5, 5.41) is 16.0. The SMILES string of the molecule is CC(C)c1cc(Nc2ncc(C#N)c(Nc3cccc(N=S(C)(C)=O)n3)n2)cc2c1CCN(C)C2. The predicted molar refractivity (Wildman–Crippen MR) is 140 cm³/mol. The smallest absolute Gasteiger partial charge is 0.229 e. The summed E-state index contributed by atoms with van der Waals surface area (Å²) >= 11 is 0. The molecule has 182 valence electrons. The molecule has 0 aliphatic carbocycles. The van der Waals surface area contributed by atoms with E-state index in [1.165, 1.54) is 22.9 Å². The van der Waals surface area contributed by atoms with Crippen LogP contribution in [0.3, 0.4) is 0 Å². The summed E-state index contributed by atoms with van der Waals surface area (Å²) in [5.74, 6) is 1.88. The van der Waals surface area contributed by atoms with Crippen LogP contribution in [-0.2, 0) is 22.7 Å². The van der Waals surface area contributed by atoms with Gasteiger partial charge in [-0.2, -0.15) is 14.6 Å². The van der Waals surface area contributed by atoms with Crippen LogP contribution >= 0.6 is 0 Å². The minimum absolute atomic E-state index is 0.282. The maximum Gasteiger partial charge on any atom is 0.229 e. The topological polar surface area (TPSA) is 119 Å². The van der Waals surface area contributed by atoms with Crippen molar-refractivity contribution < 1.29 is 4.21 Å². The van der Waals surface area contributed by atoms with Crippen molar-refractivity contribution in [2.24, 2.45) is 4.36 Å². The molecular weight excluding hydrogens is 460 g/mol. The number of benzene rings is 1. The normalized spacial score (nSPS) is 13.7. The fourth-order valence-electron chi connectivity index (χ4n) is 4.10. The van der Waals surface area contributed by atoms with Crippen LogP contribution in [0.15, 0.2) is 40.9 Å². The molecule has 0 saturated heterocycles. The molecule has 1 aliphatic rings. The van der Waals surface area contributed by atoms with Crippen LogP contribution in [0.25, 0.3) is 0 Å². The number of nitrogens with one attached hydrogen (secondary N) is 2. The Hall–Kier alpha value is -3.55. The van der Waals surface area contributed by atoms with Gasteiger partial charge in [-0.05, 0) is 60.3 Å². The Morgan fingerprint density at radius 2 is 2.00 bits per heavy atom. The minimum Gasteiger partial charge on any atom is -0.324 e. The molecule has 0 fully saturated rings. The summed E-state index contributed by atoms with van der Waals surface area (Å²) in [6.07, 6.45) is 5.62. The molecule has 3 heterocycles. The van der Waals surface area contributed by atoms with Gasteiger partial charge >= 0.3 is 0 Å². The van der Waals surface area contributed by atoms with Crippen molar-refractivity contribution in [2.45, 2.75) is 32.7 Å². The number of hydrogen-bond donors (Lipinski definition) is 2. The highest BCUT2D eigenvalue weighted by molar-refractivity contribution is 7.92. The first-order valence-corrected chi connectivity index (χ1v) is 13.7. The second kappa shape index (κ2) is 9.98. The van der Waals surface area contributed by atoms with Crippen molar-refractivity contribution in [1.82, 2.24) is 19.9 Å². The number of anilines is 4. The molecule has 10 heteroatoms. The Balaban J connectivity index is 1.65. The summed E-state index contributed by atoms with van der Waals surface area (Å²) in [6, 6.07) is 11.6. The van der Waals surface area contributed by atoms with Gasteiger partial charge in [0.25, 0.3) is 0 Å². The molecule has 1 aromatic carbocycles. The van der Waals surface area contributed by atoms with Crippen LogP contribution in [-0.4, -0.2) is 50.2 Å². The molecule has 0 bridgehead atoms. The highest BCUT2D eigenvalue weighted by Crippen LogP contribution is 2.32. The second-order valence-corrected chi connectivity index (χ2v) is 11.9. The Kier molecular flexibility index (Phi) is 7.00. The molecule has 2 aromatic heterocycles. The molecule has 2 N–H and O–H groups in total. The monoisotopic (exact) mass is 490 g/mol. The van der Waals surface area contributed by atoms with Crippen LogP contribution < -0.4 is 10.6 Å². The van der Waals surface area contributed by atoms with Gasteiger partial charge in [0.2, 0.25) is 5.95 Å². The average molecular weight is 491 g/mol. The summed E-state index contributed by atoms with van der Waals surface area (Å²) in [6.45, 7) is 6.38. The highest BCUT2D eigenvalue weighted by Gasteiger charge is 2.19. The zero-order valence-corrected chi connectivity index (χ0v) is 21.5. The summed E-state index contributed by atoms with van der Waals surface area (Å²) in [4.78, 5) is 15.6. The first-order chi connectivity index (χ1) is 16.6. The van der Waals surface area contributed by atoms with Gasteiger partial charge in [-0.1, -0.05) is 19.9 Å². The van der Waals surface area contributed by atoms with Crippen molar-refractivity contribution in [3.63, 3.8) is 0 Å². The number of aromatic nitrogens is 3. The molecule has 0 saturated carbocycles. The molecule has 35 heavy (non-hydrogen) atoms. The van der Waals surface area contributed by atoms with Crippen LogP contribution in [0.1, 0.15) is 42.0 Å². The Labute approximate surface area is 206 Å². The molecule has 4 rings (SSSR count). The Morgan fingerprint density at radius 3 is 2.71 bits per heavy atom. The van der Waals surface area contributed by atoms with Crippen LogP contribution in [0.4, 0.5) is 29.1 Å². The fraction of sp³-hybridized carbons (Fsp3) is 0.360. The molecule has 0 atom stereocenters. The van der Waals surface area contributed by atoms with Crippen molar-refractivity contribution >= 4 is 38.8 Å². The summed E-state index contributed by atoms with van der Waals surface area (Å²) < 4.78 is 16.2. The van der Waals surface area contributed by atoms with Crippen molar-refractivity contribution in [3.8, 4) is 6.07 Å². The molecule has 0 amide bonds. The number of hydrogen-bond acceptors (Lipinski definition) is 9. The Bertz CT molecular complexity index is 1410. The van der Waals surface area contributed by atoms with Gasteiger partial charge in [-0.15, -0.1) is 0 Å². The quantitative estimate of drug-likeness (QED) is 0.510. The maximum atomic E-state index is 12.0. The first kappa shape index (κ1) is 24.6. The van der Waals surface area contributed by atoms with E-state index in [4.69, 9.17) is 0 Å². The number of rotatable bonds is 6. The standard InChI is InChI=1S/C25H30N8OS/c1-16(2)21-12-19(11-17-15-33(3)10-9-20(17)21)28-25-27-14-18(13-26)24(31-25)30-22-7-6-8-23(29-22)32-35(4,5)34/h6-8,11-12,14,16H,9-10,15H2,1-5H3,(H2,27,28,29,30,31). The summed E-state index contributed by atoms with van der Waals surface area (Å²) in [7, 11) is -0.213. The highest BCUT2D eigenvalue weighted by atomic mass is 32.2. The largest absolute Gasteiger partial charge is 0.324 e. The molecule has 0 unspecified atom stereocenters. The molecule has 3 aromatic rings. The lowest BCUT2D eigenvalue weighted by molar-refractivity contribution is 0.312. The Morgan fingerprint density at radius 1 is 1.20 bits per heavy atom. The van der Waals surface area contributed by atoms with E-state index in [9.17, 15) is 9.47 Å². The lowest BCUT2D eigenvalue weighted by atomic mass is 9.88. The van der Waals surface area contributed by atoms with Crippen molar-refractivity contribution in [2.75, 3.05) is 36.7 Å². The number of nitriles is 1. The first-order valence-electron chi connectivity index (χ1n) is 11.4. The van der Waals surface area contributed by atoms with E-state index >= 15 is 0 Å². The van der Waals surface area contributed by atoms with Gasteiger partial charge in [-0.25, -0.2) is 14.2 Å². The molecule has 0 spiro atoms. The molecular formula is C25H30N8OS. The zero-order valence-electron chi connectivity index (χ0n) is 20.7. The molecule has 9 nitrogen and oxygen atoms in total. The summed E-state index contributed by atoms with van der Waals surface area (Å²) in [5.41, 5.74) is 5.28. The minimum atomic E-state index is -2.35. The van der Waals surface area contributed by atoms with E-state index in [1.807, 2.05) is 0 Å². The molecule has 0 radical (unpaired) electrons.